The van der Waals surface area contributed by atoms with Gasteiger partial charge in [0.25, 0.3) is 0 Å². The molecule has 1 aliphatic carbocycles. The number of carbonyl (C=O) groups excluding carboxylic acids is 1. The Morgan fingerprint density at radius 2 is 1.86 bits per heavy atom. The Morgan fingerprint density at radius 3 is 2.43 bits per heavy atom. The zero-order chi connectivity index (χ0) is 10.4. The Morgan fingerprint density at radius 1 is 1.21 bits per heavy atom. The summed E-state index contributed by atoms with van der Waals surface area (Å²) in [5, 5.41) is 0. The SMILES string of the molecule is CCCCCC(=O)CCC[C@@H]1C[C@@H]1C. The first-order chi connectivity index (χ1) is 6.74. The van der Waals surface area contributed by atoms with Gasteiger partial charge < -0.3 is 0 Å². The van der Waals surface area contributed by atoms with E-state index in [1.165, 1.54) is 25.7 Å². The van der Waals surface area contributed by atoms with Crippen molar-refractivity contribution in [1.29, 1.82) is 0 Å². The molecule has 0 spiro atoms. The lowest BCUT2D eigenvalue weighted by atomic mass is 10.1. The van der Waals surface area contributed by atoms with Crippen LogP contribution in [0, 0.1) is 11.8 Å². The second-order valence-electron chi connectivity index (χ2n) is 4.86. The molecule has 0 radical (unpaired) electrons. The third-order valence-corrected chi connectivity index (χ3v) is 3.37. The summed E-state index contributed by atoms with van der Waals surface area (Å²) in [5.41, 5.74) is 0. The van der Waals surface area contributed by atoms with E-state index in [0.29, 0.717) is 5.78 Å². The summed E-state index contributed by atoms with van der Waals surface area (Å²) in [6, 6.07) is 0. The minimum absolute atomic E-state index is 0.492. The van der Waals surface area contributed by atoms with Crippen LogP contribution in [0.2, 0.25) is 0 Å². The number of Topliss-reactive ketones (excluding diaryl/α,β-unsaturated/α-hetero) is 1. The zero-order valence-corrected chi connectivity index (χ0v) is 9.72. The number of unbranched alkanes of at least 4 members (excludes halogenated alkanes) is 2. The summed E-state index contributed by atoms with van der Waals surface area (Å²) in [4.78, 5) is 11.4. The Hall–Kier alpha value is -0.330. The minimum Gasteiger partial charge on any atom is -0.300 e. The van der Waals surface area contributed by atoms with Gasteiger partial charge in [-0.3, -0.25) is 4.79 Å². The van der Waals surface area contributed by atoms with Crippen LogP contribution in [0.1, 0.15) is 65.2 Å². The fraction of sp³-hybridized carbons (Fsp3) is 0.923. The van der Waals surface area contributed by atoms with E-state index in [4.69, 9.17) is 0 Å². The molecule has 14 heavy (non-hydrogen) atoms. The van der Waals surface area contributed by atoms with Gasteiger partial charge in [-0.15, -0.1) is 0 Å². The third-order valence-electron chi connectivity index (χ3n) is 3.37. The topological polar surface area (TPSA) is 17.1 Å². The van der Waals surface area contributed by atoms with Crippen molar-refractivity contribution in [1.82, 2.24) is 0 Å². The number of hydrogen-bond acceptors (Lipinski definition) is 1. The van der Waals surface area contributed by atoms with E-state index < -0.39 is 0 Å². The average Bonchev–Trinajstić information content (AvgIpc) is 2.83. The van der Waals surface area contributed by atoms with E-state index in [9.17, 15) is 4.79 Å². The van der Waals surface area contributed by atoms with E-state index in [2.05, 4.69) is 13.8 Å². The van der Waals surface area contributed by atoms with Crippen LogP contribution in [0.25, 0.3) is 0 Å². The highest BCUT2D eigenvalue weighted by molar-refractivity contribution is 5.78. The van der Waals surface area contributed by atoms with Gasteiger partial charge in [0.2, 0.25) is 0 Å². The molecule has 0 unspecified atom stereocenters. The first-order valence-electron chi connectivity index (χ1n) is 6.25. The lowest BCUT2D eigenvalue weighted by Crippen LogP contribution is -1.97. The molecule has 0 aromatic rings. The number of ketones is 1. The maximum Gasteiger partial charge on any atom is 0.132 e. The molecule has 0 bridgehead atoms. The van der Waals surface area contributed by atoms with Crippen molar-refractivity contribution in [3.05, 3.63) is 0 Å². The van der Waals surface area contributed by atoms with Crippen LogP contribution < -0.4 is 0 Å². The standard InChI is InChI=1S/C13H24O/c1-3-4-5-8-13(14)9-6-7-12-10-11(12)2/h11-12H,3-10H2,1-2H3/t11-,12+/m0/s1. The molecule has 0 aromatic heterocycles. The highest BCUT2D eigenvalue weighted by atomic mass is 16.1. The maximum absolute atomic E-state index is 11.4. The van der Waals surface area contributed by atoms with Gasteiger partial charge >= 0.3 is 0 Å². The summed E-state index contributed by atoms with van der Waals surface area (Å²) < 4.78 is 0. The van der Waals surface area contributed by atoms with Crippen LogP contribution in [0.4, 0.5) is 0 Å². The molecule has 1 fully saturated rings. The summed E-state index contributed by atoms with van der Waals surface area (Å²) in [7, 11) is 0. The molecule has 1 aliphatic rings. The fourth-order valence-corrected chi connectivity index (χ4v) is 2.06. The van der Waals surface area contributed by atoms with Crippen LogP contribution in [0.3, 0.4) is 0 Å². The second kappa shape index (κ2) is 6.21. The molecule has 1 saturated carbocycles. The van der Waals surface area contributed by atoms with E-state index in [1.807, 2.05) is 0 Å². The second-order valence-corrected chi connectivity index (χ2v) is 4.86. The van der Waals surface area contributed by atoms with Crippen LogP contribution in [-0.2, 0) is 4.79 Å². The predicted molar refractivity (Wildman–Crippen MR) is 60.3 cm³/mol. The van der Waals surface area contributed by atoms with E-state index in [1.54, 1.807) is 0 Å². The van der Waals surface area contributed by atoms with Gasteiger partial charge in [0, 0.05) is 12.8 Å². The van der Waals surface area contributed by atoms with Crippen LogP contribution >= 0.6 is 0 Å². The largest absolute Gasteiger partial charge is 0.300 e. The molecule has 2 atom stereocenters. The van der Waals surface area contributed by atoms with Gasteiger partial charge in [-0.2, -0.15) is 0 Å². The highest BCUT2D eigenvalue weighted by Gasteiger charge is 2.31. The summed E-state index contributed by atoms with van der Waals surface area (Å²) in [6.45, 7) is 4.49. The van der Waals surface area contributed by atoms with Gasteiger partial charge in [-0.05, 0) is 37.5 Å². The van der Waals surface area contributed by atoms with E-state index in [-0.39, 0.29) is 0 Å². The molecule has 82 valence electrons. The molecular weight excluding hydrogens is 172 g/mol. The molecule has 0 saturated heterocycles. The van der Waals surface area contributed by atoms with Crippen LogP contribution in [0.5, 0.6) is 0 Å². The zero-order valence-electron chi connectivity index (χ0n) is 9.72. The van der Waals surface area contributed by atoms with Crippen molar-refractivity contribution < 1.29 is 4.79 Å². The average molecular weight is 196 g/mol. The van der Waals surface area contributed by atoms with Crippen molar-refractivity contribution in [2.24, 2.45) is 11.8 Å². The lowest BCUT2D eigenvalue weighted by Gasteiger charge is -2.00. The Kier molecular flexibility index (Phi) is 5.21. The molecule has 0 aromatic carbocycles. The number of hydrogen-bond donors (Lipinski definition) is 0. The van der Waals surface area contributed by atoms with Crippen molar-refractivity contribution >= 4 is 5.78 Å². The van der Waals surface area contributed by atoms with Gasteiger partial charge in [0.05, 0.1) is 0 Å². The Labute approximate surface area is 88.3 Å². The predicted octanol–water partition coefficient (Wildman–Crippen LogP) is 3.96. The van der Waals surface area contributed by atoms with Crippen LogP contribution in [0.15, 0.2) is 0 Å². The third kappa shape index (κ3) is 4.78. The van der Waals surface area contributed by atoms with Gasteiger partial charge in [0.15, 0.2) is 0 Å². The molecule has 1 heteroatoms. The van der Waals surface area contributed by atoms with Gasteiger partial charge in [-0.1, -0.05) is 26.7 Å². The Balaban J connectivity index is 1.87. The van der Waals surface area contributed by atoms with E-state index in [0.717, 1.165) is 37.5 Å². The highest BCUT2D eigenvalue weighted by Crippen LogP contribution is 2.41. The quantitative estimate of drug-likeness (QED) is 0.537. The maximum atomic E-state index is 11.4. The molecule has 1 nitrogen and oxygen atoms in total. The number of rotatable bonds is 8. The fourth-order valence-electron chi connectivity index (χ4n) is 2.06. The summed E-state index contributed by atoms with van der Waals surface area (Å²) >= 11 is 0. The monoisotopic (exact) mass is 196 g/mol. The Bertz CT molecular complexity index is 174. The van der Waals surface area contributed by atoms with Crippen LogP contribution in [-0.4, -0.2) is 5.78 Å². The van der Waals surface area contributed by atoms with Crippen molar-refractivity contribution in [3.8, 4) is 0 Å². The van der Waals surface area contributed by atoms with E-state index >= 15 is 0 Å². The smallest absolute Gasteiger partial charge is 0.132 e. The summed E-state index contributed by atoms with van der Waals surface area (Å²) in [6.07, 6.45) is 9.04. The van der Waals surface area contributed by atoms with Crippen molar-refractivity contribution in [2.75, 3.05) is 0 Å². The molecule has 0 heterocycles. The summed E-state index contributed by atoms with van der Waals surface area (Å²) in [5.74, 6) is 2.40. The van der Waals surface area contributed by atoms with Crippen molar-refractivity contribution in [3.63, 3.8) is 0 Å². The lowest BCUT2D eigenvalue weighted by molar-refractivity contribution is -0.119. The first-order valence-corrected chi connectivity index (χ1v) is 6.25. The molecule has 0 amide bonds. The van der Waals surface area contributed by atoms with Gasteiger partial charge in [0.1, 0.15) is 5.78 Å². The van der Waals surface area contributed by atoms with Crippen molar-refractivity contribution in [2.45, 2.75) is 65.2 Å². The van der Waals surface area contributed by atoms with Gasteiger partial charge in [-0.25, -0.2) is 0 Å². The minimum atomic E-state index is 0.492. The molecule has 1 rings (SSSR count). The normalized spacial score (nSPS) is 25.0. The molecule has 0 N–H and O–H groups in total. The number of carbonyl (C=O) groups is 1. The molecular formula is C13H24O. The molecule has 0 aliphatic heterocycles. The first kappa shape index (κ1) is 11.7.